The van der Waals surface area contributed by atoms with Gasteiger partial charge in [0.2, 0.25) is 15.9 Å². The van der Waals surface area contributed by atoms with Crippen LogP contribution in [0, 0.1) is 23.2 Å². The number of fused-ring (bicyclic) bond motifs is 2. The Morgan fingerprint density at radius 2 is 2.06 bits per heavy atom. The van der Waals surface area contributed by atoms with E-state index in [2.05, 4.69) is 28.9 Å². The van der Waals surface area contributed by atoms with Crippen LogP contribution in [0.5, 0.6) is 0 Å². The van der Waals surface area contributed by atoms with Crippen LogP contribution in [0.4, 0.5) is 5.13 Å². The molecule has 0 aromatic carbocycles. The van der Waals surface area contributed by atoms with Crippen molar-refractivity contribution < 1.29 is 18.3 Å². The molecule has 1 heterocycles. The molecule has 0 unspecified atom stereocenters. The van der Waals surface area contributed by atoms with Crippen molar-refractivity contribution in [3.05, 3.63) is 10.6 Å². The van der Waals surface area contributed by atoms with Crippen molar-refractivity contribution in [3.63, 3.8) is 0 Å². The van der Waals surface area contributed by atoms with Gasteiger partial charge in [-0.15, -0.1) is 11.3 Å². The average molecular weight is 470 g/mol. The molecule has 31 heavy (non-hydrogen) atoms. The zero-order valence-electron chi connectivity index (χ0n) is 18.8. The monoisotopic (exact) mass is 469 g/mol. The number of hydrogen-bond donors (Lipinski definition) is 3. The predicted octanol–water partition coefficient (Wildman–Crippen LogP) is 3.26. The lowest BCUT2D eigenvalue weighted by Crippen LogP contribution is -2.53. The molecule has 3 aliphatic rings. The Kier molecular flexibility index (Phi) is 6.15. The number of nitrogens with zero attached hydrogens (tertiary/aromatic N) is 1. The summed E-state index contributed by atoms with van der Waals surface area (Å²) in [4.78, 5) is 18.4. The number of nitrogens with one attached hydrogen (secondary N) is 2. The molecule has 1 aromatic heterocycles. The lowest BCUT2D eigenvalue weighted by Gasteiger charge is -2.53. The molecule has 3 N–H and O–H groups in total. The summed E-state index contributed by atoms with van der Waals surface area (Å²) in [5.74, 6) is -0.153. The van der Waals surface area contributed by atoms with Crippen molar-refractivity contribution in [2.24, 2.45) is 23.2 Å². The third-order valence-electron chi connectivity index (χ3n) is 7.62. The summed E-state index contributed by atoms with van der Waals surface area (Å²) in [6, 6.07) is 0.321. The highest BCUT2D eigenvalue weighted by atomic mass is 32.2. The molecule has 6 atom stereocenters. The maximum atomic E-state index is 12.6. The first kappa shape index (κ1) is 23.0. The van der Waals surface area contributed by atoms with Crippen LogP contribution < -0.4 is 10.0 Å². The van der Waals surface area contributed by atoms with Gasteiger partial charge < -0.3 is 10.4 Å². The SMILES string of the molecule is CCCS(=O)(=O)Nc1nc2c(s1)C[C@]1(C)CC[C@H]([C@H](C)C(=O)NC3CC3)[C@H](O)[C@H]1[C@@H]2C. The van der Waals surface area contributed by atoms with E-state index in [1.165, 1.54) is 11.3 Å². The Labute approximate surface area is 189 Å². The van der Waals surface area contributed by atoms with Gasteiger partial charge in [-0.1, -0.05) is 27.7 Å². The van der Waals surface area contributed by atoms with E-state index in [1.807, 2.05) is 13.8 Å². The minimum Gasteiger partial charge on any atom is -0.392 e. The summed E-state index contributed by atoms with van der Waals surface area (Å²) in [7, 11) is -3.38. The molecule has 174 valence electrons. The Morgan fingerprint density at radius 3 is 2.71 bits per heavy atom. The van der Waals surface area contributed by atoms with Crippen LogP contribution in [-0.4, -0.2) is 42.3 Å². The fourth-order valence-electron chi connectivity index (χ4n) is 5.80. The number of hydrogen-bond acceptors (Lipinski definition) is 6. The van der Waals surface area contributed by atoms with Crippen LogP contribution >= 0.6 is 11.3 Å². The standard InChI is InChI=1S/C22H35N3O4S2/c1-5-10-31(28,29)25-21-24-18-13(3)17-19(26)15(12(2)20(27)23-14-6-7-14)8-9-22(17,4)11-16(18)30-21/h12-15,17,19,26H,5-11H2,1-4H3,(H,23,27)(H,24,25)/t12-,13-,15+,17+,19-,22-/m0/s1. The number of aliphatic hydroxyl groups is 1. The summed E-state index contributed by atoms with van der Waals surface area (Å²) in [6.07, 6.45) is 4.64. The fourth-order valence-corrected chi connectivity index (χ4v) is 8.41. The van der Waals surface area contributed by atoms with E-state index >= 15 is 0 Å². The van der Waals surface area contributed by atoms with E-state index in [0.29, 0.717) is 17.6 Å². The van der Waals surface area contributed by atoms with Gasteiger partial charge >= 0.3 is 0 Å². The Balaban J connectivity index is 1.55. The van der Waals surface area contributed by atoms with Gasteiger partial charge in [-0.25, -0.2) is 13.4 Å². The van der Waals surface area contributed by atoms with Gasteiger partial charge in [-0.3, -0.25) is 9.52 Å². The molecule has 0 radical (unpaired) electrons. The molecule has 9 heteroatoms. The van der Waals surface area contributed by atoms with E-state index in [1.54, 1.807) is 0 Å². The molecule has 0 aliphatic heterocycles. The van der Waals surface area contributed by atoms with Crippen molar-refractivity contribution in [2.45, 2.75) is 84.3 Å². The second-order valence-corrected chi connectivity index (χ2v) is 13.1. The van der Waals surface area contributed by atoms with Gasteiger partial charge in [0, 0.05) is 22.8 Å². The van der Waals surface area contributed by atoms with Crippen LogP contribution in [0.1, 0.15) is 76.3 Å². The second-order valence-electron chi connectivity index (χ2n) is 10.2. The molecule has 2 fully saturated rings. The number of rotatable bonds is 7. The first-order chi connectivity index (χ1) is 14.5. The molecule has 2 saturated carbocycles. The van der Waals surface area contributed by atoms with E-state index < -0.39 is 16.1 Å². The minimum atomic E-state index is -3.38. The van der Waals surface area contributed by atoms with E-state index in [9.17, 15) is 18.3 Å². The summed E-state index contributed by atoms with van der Waals surface area (Å²) in [5.41, 5.74) is 0.817. The van der Waals surface area contributed by atoms with Gasteiger partial charge in [-0.2, -0.15) is 0 Å². The quantitative estimate of drug-likeness (QED) is 0.568. The number of carbonyl (C=O) groups excluding carboxylic acids is 1. The van der Waals surface area contributed by atoms with Gasteiger partial charge in [0.25, 0.3) is 0 Å². The third-order valence-corrected chi connectivity index (χ3v) is 10.2. The highest BCUT2D eigenvalue weighted by Gasteiger charge is 2.54. The second kappa shape index (κ2) is 8.30. The van der Waals surface area contributed by atoms with Gasteiger partial charge in [0.1, 0.15) is 0 Å². The zero-order chi connectivity index (χ0) is 22.6. The molecule has 7 nitrogen and oxygen atoms in total. The first-order valence-electron chi connectivity index (χ1n) is 11.5. The topological polar surface area (TPSA) is 108 Å². The molecular weight excluding hydrogens is 434 g/mol. The van der Waals surface area contributed by atoms with Crippen LogP contribution in [0.15, 0.2) is 0 Å². The van der Waals surface area contributed by atoms with E-state index in [4.69, 9.17) is 0 Å². The summed E-state index contributed by atoms with van der Waals surface area (Å²) in [6.45, 7) is 8.09. The molecule has 1 aromatic rings. The van der Waals surface area contributed by atoms with Crippen molar-refractivity contribution >= 4 is 32.4 Å². The average Bonchev–Trinajstić information content (AvgIpc) is 3.39. The lowest BCUT2D eigenvalue weighted by atomic mass is 9.53. The highest BCUT2D eigenvalue weighted by Crippen LogP contribution is 2.57. The van der Waals surface area contributed by atoms with Crippen molar-refractivity contribution in [2.75, 3.05) is 10.5 Å². The van der Waals surface area contributed by atoms with E-state index in [-0.39, 0.29) is 40.7 Å². The summed E-state index contributed by atoms with van der Waals surface area (Å²) < 4.78 is 27.0. The van der Waals surface area contributed by atoms with Crippen LogP contribution in [-0.2, 0) is 21.2 Å². The Morgan fingerprint density at radius 1 is 1.35 bits per heavy atom. The fraction of sp³-hybridized carbons (Fsp3) is 0.818. The molecular formula is C22H35N3O4S2. The number of carbonyl (C=O) groups is 1. The van der Waals surface area contributed by atoms with Gasteiger partial charge in [0.05, 0.1) is 17.6 Å². The number of anilines is 1. The number of aliphatic hydroxyl groups excluding tert-OH is 1. The van der Waals surface area contributed by atoms with Gasteiger partial charge in [-0.05, 0) is 55.8 Å². The van der Waals surface area contributed by atoms with Crippen molar-refractivity contribution in [3.8, 4) is 0 Å². The van der Waals surface area contributed by atoms with Crippen LogP contribution in [0.25, 0.3) is 0 Å². The lowest BCUT2D eigenvalue weighted by molar-refractivity contribution is -0.134. The number of aromatic nitrogens is 1. The number of amides is 1. The maximum absolute atomic E-state index is 12.6. The Bertz CT molecular complexity index is 943. The zero-order valence-corrected chi connectivity index (χ0v) is 20.5. The Hall–Kier alpha value is -1.19. The van der Waals surface area contributed by atoms with Crippen molar-refractivity contribution in [1.29, 1.82) is 0 Å². The molecule has 0 spiro atoms. The predicted molar refractivity (Wildman–Crippen MR) is 123 cm³/mol. The summed E-state index contributed by atoms with van der Waals surface area (Å²) in [5, 5.41) is 15.0. The normalized spacial score (nSPS) is 33.8. The van der Waals surface area contributed by atoms with Crippen molar-refractivity contribution in [1.82, 2.24) is 10.3 Å². The number of sulfonamides is 1. The van der Waals surface area contributed by atoms with E-state index in [0.717, 1.165) is 42.7 Å². The smallest absolute Gasteiger partial charge is 0.234 e. The maximum Gasteiger partial charge on any atom is 0.234 e. The molecule has 0 saturated heterocycles. The van der Waals surface area contributed by atoms with Crippen LogP contribution in [0.2, 0.25) is 0 Å². The largest absolute Gasteiger partial charge is 0.392 e. The molecule has 1 amide bonds. The molecule has 3 aliphatic carbocycles. The van der Waals surface area contributed by atoms with Gasteiger partial charge in [0.15, 0.2) is 5.13 Å². The van der Waals surface area contributed by atoms with Crippen LogP contribution in [0.3, 0.4) is 0 Å². The highest BCUT2D eigenvalue weighted by molar-refractivity contribution is 7.92. The third kappa shape index (κ3) is 4.50. The number of thiazole rings is 1. The molecule has 4 rings (SSSR count). The first-order valence-corrected chi connectivity index (χ1v) is 14.0. The summed E-state index contributed by atoms with van der Waals surface area (Å²) >= 11 is 1.43. The molecule has 0 bridgehead atoms. The minimum absolute atomic E-state index is 0.00266.